The summed E-state index contributed by atoms with van der Waals surface area (Å²) in [5, 5.41) is 4.86. The molecule has 8 heteroatoms. The average Bonchev–Trinajstić information content (AvgIpc) is 3.06. The molecule has 0 saturated carbocycles. The van der Waals surface area contributed by atoms with Crippen LogP contribution in [-0.4, -0.2) is 78.1 Å². The highest BCUT2D eigenvalue weighted by Gasteiger charge is 2.44. The van der Waals surface area contributed by atoms with Crippen LogP contribution in [0.1, 0.15) is 35.1 Å². The molecule has 0 radical (unpaired) electrons. The minimum atomic E-state index is -0.297. The van der Waals surface area contributed by atoms with Crippen LogP contribution in [0.4, 0.5) is 0 Å². The molecule has 27 heavy (non-hydrogen) atoms. The van der Waals surface area contributed by atoms with Crippen LogP contribution in [-0.2, 0) is 15.9 Å². The summed E-state index contributed by atoms with van der Waals surface area (Å²) in [6.07, 6.45) is 1.66. The highest BCUT2D eigenvalue weighted by Crippen LogP contribution is 2.28. The summed E-state index contributed by atoms with van der Waals surface area (Å²) in [5.74, 6) is -0.0795. The topological polar surface area (TPSA) is 80.9 Å². The quantitative estimate of drug-likeness (QED) is 0.807. The third kappa shape index (κ3) is 3.22. The predicted octanol–water partition coefficient (Wildman–Crippen LogP) is 1.61. The molecular weight excluding hydrogens is 348 g/mol. The first-order valence-corrected chi connectivity index (χ1v) is 9.46. The molecule has 1 amide bonds. The molecule has 2 aliphatic heterocycles. The number of aromatic nitrogens is 2. The molecule has 1 atom stereocenters. The summed E-state index contributed by atoms with van der Waals surface area (Å²) < 4.78 is 16.9. The molecule has 2 aliphatic rings. The van der Waals surface area contributed by atoms with E-state index in [1.807, 2.05) is 13.0 Å². The van der Waals surface area contributed by atoms with Crippen molar-refractivity contribution in [1.82, 2.24) is 19.9 Å². The molecule has 4 heterocycles. The molecule has 8 nitrogen and oxygen atoms in total. The molecule has 2 fully saturated rings. The first-order chi connectivity index (χ1) is 13.0. The van der Waals surface area contributed by atoms with Gasteiger partial charge in [-0.1, -0.05) is 18.5 Å². The molecule has 0 N–H and O–H groups in total. The first-order valence-electron chi connectivity index (χ1n) is 9.46. The Morgan fingerprint density at radius 2 is 2.15 bits per heavy atom. The second kappa shape index (κ2) is 7.18. The van der Waals surface area contributed by atoms with Crippen molar-refractivity contribution in [2.45, 2.75) is 32.2 Å². The van der Waals surface area contributed by atoms with Crippen LogP contribution in [0.2, 0.25) is 0 Å². The number of aryl methyl sites for hydroxylation is 2. The molecule has 4 rings (SSSR count). The average molecular weight is 374 g/mol. The number of carbonyl (C=O) groups excluding carboxylic acids is 1. The summed E-state index contributed by atoms with van der Waals surface area (Å²) in [4.78, 5) is 21.8. The number of ether oxygens (including phenoxy) is 2. The zero-order valence-electron chi connectivity index (χ0n) is 16.2. The van der Waals surface area contributed by atoms with E-state index in [1.165, 1.54) is 0 Å². The number of carbonyl (C=O) groups is 1. The molecule has 146 valence electrons. The van der Waals surface area contributed by atoms with E-state index in [9.17, 15) is 4.79 Å². The van der Waals surface area contributed by atoms with Gasteiger partial charge in [-0.25, -0.2) is 4.98 Å². The van der Waals surface area contributed by atoms with Gasteiger partial charge in [0.05, 0.1) is 42.0 Å². The van der Waals surface area contributed by atoms with Crippen LogP contribution < -0.4 is 0 Å². The summed E-state index contributed by atoms with van der Waals surface area (Å²) >= 11 is 0. The van der Waals surface area contributed by atoms with Crippen molar-refractivity contribution < 1.29 is 18.8 Å². The van der Waals surface area contributed by atoms with E-state index in [0.717, 1.165) is 36.2 Å². The summed E-state index contributed by atoms with van der Waals surface area (Å²) in [7, 11) is 2.06. The smallest absolute Gasteiger partial charge is 0.258 e. The number of hydrogen-bond acceptors (Lipinski definition) is 7. The van der Waals surface area contributed by atoms with Crippen LogP contribution in [0, 0.1) is 6.92 Å². The first kappa shape index (κ1) is 18.3. The largest absolute Gasteiger partial charge is 0.378 e. The van der Waals surface area contributed by atoms with Gasteiger partial charge < -0.3 is 18.9 Å². The van der Waals surface area contributed by atoms with Crippen molar-refractivity contribution in [3.05, 3.63) is 23.0 Å². The second-order valence-corrected chi connectivity index (χ2v) is 7.55. The van der Waals surface area contributed by atoms with Gasteiger partial charge in [0.25, 0.3) is 11.6 Å². The van der Waals surface area contributed by atoms with Gasteiger partial charge in [-0.3, -0.25) is 9.69 Å². The third-order valence-electron chi connectivity index (χ3n) is 5.50. The van der Waals surface area contributed by atoms with Crippen LogP contribution in [0.3, 0.4) is 0 Å². The number of nitrogens with zero attached hydrogens (tertiary/aromatic N) is 4. The molecule has 0 aromatic carbocycles. The SMILES string of the molecule is CCCc1noc2nc(C)cc(C(=O)N3COCC4(COCCN4C)C3)c12. The molecule has 0 bridgehead atoms. The molecule has 0 aliphatic carbocycles. The number of hydrogen-bond donors (Lipinski definition) is 0. The fraction of sp³-hybridized carbons (Fsp3) is 0.632. The lowest BCUT2D eigenvalue weighted by Crippen LogP contribution is -2.66. The monoisotopic (exact) mass is 374 g/mol. The number of likely N-dealkylation sites (N-methyl/N-ethyl adjacent to an activating group) is 1. The van der Waals surface area contributed by atoms with E-state index < -0.39 is 0 Å². The Morgan fingerprint density at radius 1 is 1.33 bits per heavy atom. The van der Waals surface area contributed by atoms with Crippen molar-refractivity contribution in [3.63, 3.8) is 0 Å². The van der Waals surface area contributed by atoms with E-state index in [0.29, 0.717) is 37.6 Å². The highest BCUT2D eigenvalue weighted by atomic mass is 16.5. The lowest BCUT2D eigenvalue weighted by molar-refractivity contribution is -0.146. The fourth-order valence-electron chi connectivity index (χ4n) is 3.93. The summed E-state index contributed by atoms with van der Waals surface area (Å²) in [5.41, 5.74) is 2.23. The summed E-state index contributed by atoms with van der Waals surface area (Å²) in [6.45, 7) is 7.43. The van der Waals surface area contributed by atoms with Gasteiger partial charge in [0.15, 0.2) is 0 Å². The lowest BCUT2D eigenvalue weighted by atomic mass is 9.95. The van der Waals surface area contributed by atoms with E-state index in [-0.39, 0.29) is 18.2 Å². The maximum absolute atomic E-state index is 13.4. The Labute approximate surface area is 158 Å². The van der Waals surface area contributed by atoms with E-state index in [2.05, 4.69) is 29.0 Å². The summed E-state index contributed by atoms with van der Waals surface area (Å²) in [6, 6.07) is 1.82. The Morgan fingerprint density at radius 3 is 2.93 bits per heavy atom. The minimum absolute atomic E-state index is 0.0795. The normalized spacial score (nSPS) is 24.0. The Hall–Kier alpha value is -2.03. The van der Waals surface area contributed by atoms with E-state index >= 15 is 0 Å². The van der Waals surface area contributed by atoms with Gasteiger partial charge in [-0.05, 0) is 26.5 Å². The zero-order valence-corrected chi connectivity index (χ0v) is 16.2. The van der Waals surface area contributed by atoms with Crippen molar-refractivity contribution >= 4 is 17.0 Å². The second-order valence-electron chi connectivity index (χ2n) is 7.55. The van der Waals surface area contributed by atoms with Crippen LogP contribution in [0.5, 0.6) is 0 Å². The standard InChI is InChI=1S/C19H26N4O4/c1-4-5-15-16-14(8-13(2)20-17(16)27-21-15)18(24)23-9-19(11-26-12-23)10-25-7-6-22(19)3/h8H,4-7,9-12H2,1-3H3. The maximum Gasteiger partial charge on any atom is 0.258 e. The molecule has 1 unspecified atom stereocenters. The van der Waals surface area contributed by atoms with Crippen LogP contribution in [0.25, 0.3) is 11.1 Å². The van der Waals surface area contributed by atoms with Crippen LogP contribution >= 0.6 is 0 Å². The van der Waals surface area contributed by atoms with Gasteiger partial charge in [0, 0.05) is 18.8 Å². The van der Waals surface area contributed by atoms with E-state index in [4.69, 9.17) is 14.0 Å². The number of rotatable bonds is 3. The van der Waals surface area contributed by atoms with Gasteiger partial charge in [-0.15, -0.1) is 0 Å². The zero-order chi connectivity index (χ0) is 19.0. The van der Waals surface area contributed by atoms with Gasteiger partial charge in [0.1, 0.15) is 6.73 Å². The van der Waals surface area contributed by atoms with Crippen molar-refractivity contribution in [2.75, 3.05) is 46.7 Å². The van der Waals surface area contributed by atoms with Gasteiger partial charge >= 0.3 is 0 Å². The van der Waals surface area contributed by atoms with Crippen LogP contribution in [0.15, 0.2) is 10.6 Å². The third-order valence-corrected chi connectivity index (χ3v) is 5.50. The van der Waals surface area contributed by atoms with E-state index in [1.54, 1.807) is 4.90 Å². The molecule has 2 saturated heterocycles. The fourth-order valence-corrected chi connectivity index (χ4v) is 3.93. The molecule has 1 spiro atoms. The molecule has 2 aromatic heterocycles. The highest BCUT2D eigenvalue weighted by molar-refractivity contribution is 6.06. The van der Waals surface area contributed by atoms with Crippen molar-refractivity contribution in [1.29, 1.82) is 0 Å². The molecule has 2 aromatic rings. The van der Waals surface area contributed by atoms with Gasteiger partial charge in [0.2, 0.25) is 0 Å². The van der Waals surface area contributed by atoms with Gasteiger partial charge in [-0.2, -0.15) is 0 Å². The number of fused-ring (bicyclic) bond motifs is 1. The Kier molecular flexibility index (Phi) is 4.88. The Balaban J connectivity index is 1.69. The van der Waals surface area contributed by atoms with Crippen molar-refractivity contribution in [2.24, 2.45) is 0 Å². The molecular formula is C19H26N4O4. The van der Waals surface area contributed by atoms with Crippen molar-refractivity contribution in [3.8, 4) is 0 Å². The maximum atomic E-state index is 13.4. The lowest BCUT2D eigenvalue weighted by Gasteiger charge is -2.49. The number of morpholine rings is 1. The number of pyridine rings is 1. The minimum Gasteiger partial charge on any atom is -0.378 e. The predicted molar refractivity (Wildman–Crippen MR) is 98.6 cm³/mol. The Bertz CT molecular complexity index is 848. The number of amides is 1.